The molecule has 0 aromatic heterocycles. The molecule has 1 aliphatic carbocycles. The van der Waals surface area contributed by atoms with Crippen LogP contribution in [-0.4, -0.2) is 26.0 Å². The minimum absolute atomic E-state index is 0.107. The molecule has 0 heterocycles. The SMILES string of the molecule is CS(=O)(=O)C1CCCC1Nc1ccc(Br)c(Cl)c1Cl. The van der Waals surface area contributed by atoms with Gasteiger partial charge in [-0.05, 0) is 47.3 Å². The summed E-state index contributed by atoms with van der Waals surface area (Å²) in [5.74, 6) is 0. The predicted octanol–water partition coefficient (Wildman–Crippen LogP) is 4.13. The highest BCUT2D eigenvalue weighted by molar-refractivity contribution is 9.10. The van der Waals surface area contributed by atoms with Gasteiger partial charge in [-0.25, -0.2) is 8.42 Å². The monoisotopic (exact) mass is 385 g/mol. The van der Waals surface area contributed by atoms with Crippen molar-refractivity contribution in [1.29, 1.82) is 0 Å². The Kier molecular flexibility index (Phi) is 4.71. The standard InChI is InChI=1S/C12H14BrCl2NO2S/c1-19(17,18)10-4-2-3-8(10)16-9-6-5-7(13)11(14)12(9)15/h5-6,8,10,16H,2-4H2,1H3. The lowest BCUT2D eigenvalue weighted by Crippen LogP contribution is -2.34. The van der Waals surface area contributed by atoms with Gasteiger partial charge in [-0.2, -0.15) is 0 Å². The van der Waals surface area contributed by atoms with E-state index in [1.165, 1.54) is 6.26 Å². The Labute approximate surface area is 131 Å². The van der Waals surface area contributed by atoms with Gasteiger partial charge < -0.3 is 5.32 Å². The van der Waals surface area contributed by atoms with Crippen LogP contribution in [0.3, 0.4) is 0 Å². The first-order valence-corrected chi connectivity index (χ1v) is 9.40. The Morgan fingerprint density at radius 1 is 1.26 bits per heavy atom. The first kappa shape index (κ1) is 15.4. The van der Waals surface area contributed by atoms with Gasteiger partial charge in [-0.15, -0.1) is 0 Å². The molecule has 106 valence electrons. The fraction of sp³-hybridized carbons (Fsp3) is 0.500. The highest BCUT2D eigenvalue weighted by Gasteiger charge is 2.35. The molecule has 0 spiro atoms. The molecule has 1 aromatic rings. The molecule has 1 N–H and O–H groups in total. The summed E-state index contributed by atoms with van der Waals surface area (Å²) in [6, 6.07) is 3.49. The van der Waals surface area contributed by atoms with Crippen molar-refractivity contribution in [3.05, 3.63) is 26.7 Å². The first-order valence-electron chi connectivity index (χ1n) is 5.89. The molecular formula is C12H14BrCl2NO2S. The second kappa shape index (κ2) is 5.80. The maximum Gasteiger partial charge on any atom is 0.152 e. The number of nitrogens with one attached hydrogen (secondary N) is 1. The van der Waals surface area contributed by atoms with Crippen LogP contribution in [0.2, 0.25) is 10.0 Å². The molecule has 0 bridgehead atoms. The van der Waals surface area contributed by atoms with Gasteiger partial charge in [0.25, 0.3) is 0 Å². The van der Waals surface area contributed by atoms with E-state index in [2.05, 4.69) is 21.2 Å². The van der Waals surface area contributed by atoms with Crippen molar-refractivity contribution in [3.8, 4) is 0 Å². The Morgan fingerprint density at radius 3 is 2.58 bits per heavy atom. The third kappa shape index (κ3) is 3.38. The van der Waals surface area contributed by atoms with Crippen molar-refractivity contribution < 1.29 is 8.42 Å². The van der Waals surface area contributed by atoms with Gasteiger partial charge in [-0.3, -0.25) is 0 Å². The number of anilines is 1. The minimum Gasteiger partial charge on any atom is -0.380 e. The summed E-state index contributed by atoms with van der Waals surface area (Å²) in [4.78, 5) is 0. The van der Waals surface area contributed by atoms with Crippen molar-refractivity contribution in [2.24, 2.45) is 0 Å². The van der Waals surface area contributed by atoms with Crippen LogP contribution in [0.15, 0.2) is 16.6 Å². The fourth-order valence-electron chi connectivity index (χ4n) is 2.44. The molecule has 1 aromatic carbocycles. The van der Waals surface area contributed by atoms with Crippen LogP contribution < -0.4 is 5.32 Å². The van der Waals surface area contributed by atoms with Gasteiger partial charge in [0.1, 0.15) is 0 Å². The molecule has 2 rings (SSSR count). The van der Waals surface area contributed by atoms with Crippen LogP contribution in [-0.2, 0) is 9.84 Å². The smallest absolute Gasteiger partial charge is 0.152 e. The second-order valence-electron chi connectivity index (χ2n) is 4.77. The Morgan fingerprint density at radius 2 is 1.95 bits per heavy atom. The number of hydrogen-bond acceptors (Lipinski definition) is 3. The molecular weight excluding hydrogens is 373 g/mol. The Bertz CT molecular complexity index is 592. The molecule has 1 aliphatic rings. The molecule has 1 saturated carbocycles. The van der Waals surface area contributed by atoms with Crippen LogP contribution in [0.1, 0.15) is 19.3 Å². The quantitative estimate of drug-likeness (QED) is 0.794. The molecule has 0 aliphatic heterocycles. The largest absolute Gasteiger partial charge is 0.380 e. The van der Waals surface area contributed by atoms with Gasteiger partial charge in [0, 0.05) is 16.8 Å². The van der Waals surface area contributed by atoms with E-state index >= 15 is 0 Å². The minimum atomic E-state index is -3.05. The topological polar surface area (TPSA) is 46.2 Å². The van der Waals surface area contributed by atoms with Crippen LogP contribution in [0, 0.1) is 0 Å². The molecule has 0 radical (unpaired) electrons. The summed E-state index contributed by atoms with van der Waals surface area (Å²) in [5, 5.41) is 3.71. The summed E-state index contributed by atoms with van der Waals surface area (Å²) in [6.07, 6.45) is 3.70. The highest BCUT2D eigenvalue weighted by atomic mass is 79.9. The number of rotatable bonds is 3. The lowest BCUT2D eigenvalue weighted by atomic mass is 10.2. The predicted molar refractivity (Wildman–Crippen MR) is 84.1 cm³/mol. The number of sulfone groups is 1. The zero-order valence-electron chi connectivity index (χ0n) is 10.3. The van der Waals surface area contributed by atoms with E-state index < -0.39 is 9.84 Å². The molecule has 2 unspecified atom stereocenters. The zero-order chi connectivity index (χ0) is 14.2. The summed E-state index contributed by atoms with van der Waals surface area (Å²) < 4.78 is 24.2. The molecule has 2 atom stereocenters. The lowest BCUT2D eigenvalue weighted by Gasteiger charge is -2.21. The number of hydrogen-bond donors (Lipinski definition) is 1. The van der Waals surface area contributed by atoms with E-state index in [1.54, 1.807) is 12.1 Å². The van der Waals surface area contributed by atoms with Crippen molar-refractivity contribution in [2.75, 3.05) is 11.6 Å². The normalized spacial score (nSPS) is 23.6. The fourth-order valence-corrected chi connectivity index (χ4v) is 4.67. The first-order chi connectivity index (χ1) is 8.80. The third-order valence-electron chi connectivity index (χ3n) is 3.38. The third-order valence-corrected chi connectivity index (χ3v) is 6.81. The molecule has 1 fully saturated rings. The van der Waals surface area contributed by atoms with Crippen LogP contribution in [0.25, 0.3) is 0 Å². The van der Waals surface area contributed by atoms with Gasteiger partial charge >= 0.3 is 0 Å². The van der Waals surface area contributed by atoms with Crippen molar-refractivity contribution >= 4 is 54.7 Å². The van der Waals surface area contributed by atoms with Crippen LogP contribution in [0.5, 0.6) is 0 Å². The second-order valence-corrected chi connectivity index (χ2v) is 8.65. The lowest BCUT2D eigenvalue weighted by molar-refractivity contribution is 0.579. The van der Waals surface area contributed by atoms with Crippen LogP contribution in [0.4, 0.5) is 5.69 Å². The summed E-state index contributed by atoms with van der Waals surface area (Å²) in [5.41, 5.74) is 0.676. The molecule has 3 nitrogen and oxygen atoms in total. The summed E-state index contributed by atoms with van der Waals surface area (Å²) in [7, 11) is -3.05. The van der Waals surface area contributed by atoms with E-state index in [9.17, 15) is 8.42 Å². The van der Waals surface area contributed by atoms with Gasteiger partial charge in [0.2, 0.25) is 0 Å². The van der Waals surface area contributed by atoms with Gasteiger partial charge in [-0.1, -0.05) is 23.2 Å². The van der Waals surface area contributed by atoms with Gasteiger partial charge in [0.05, 0.1) is 21.0 Å². The van der Waals surface area contributed by atoms with Crippen molar-refractivity contribution in [2.45, 2.75) is 30.6 Å². The average Bonchev–Trinajstić information content (AvgIpc) is 2.78. The number of benzene rings is 1. The molecule has 19 heavy (non-hydrogen) atoms. The van der Waals surface area contributed by atoms with E-state index in [0.717, 1.165) is 17.3 Å². The number of halogens is 3. The van der Waals surface area contributed by atoms with Crippen molar-refractivity contribution in [1.82, 2.24) is 0 Å². The van der Waals surface area contributed by atoms with E-state index in [0.29, 0.717) is 22.2 Å². The highest BCUT2D eigenvalue weighted by Crippen LogP contribution is 2.37. The summed E-state index contributed by atoms with van der Waals surface area (Å²) in [6.45, 7) is 0. The average molecular weight is 387 g/mol. The molecule has 0 amide bonds. The van der Waals surface area contributed by atoms with E-state index in [-0.39, 0.29) is 11.3 Å². The Balaban J connectivity index is 2.24. The molecule has 7 heteroatoms. The summed E-state index contributed by atoms with van der Waals surface area (Å²) >= 11 is 15.5. The van der Waals surface area contributed by atoms with E-state index in [4.69, 9.17) is 23.2 Å². The van der Waals surface area contributed by atoms with E-state index in [1.807, 2.05) is 0 Å². The maximum absolute atomic E-state index is 11.7. The van der Waals surface area contributed by atoms with Crippen LogP contribution >= 0.6 is 39.1 Å². The van der Waals surface area contributed by atoms with Crippen molar-refractivity contribution in [3.63, 3.8) is 0 Å². The molecule has 0 saturated heterocycles. The zero-order valence-corrected chi connectivity index (χ0v) is 14.2. The van der Waals surface area contributed by atoms with Gasteiger partial charge in [0.15, 0.2) is 9.84 Å². The maximum atomic E-state index is 11.7. The Hall–Kier alpha value is 0.0300.